The van der Waals surface area contributed by atoms with Gasteiger partial charge in [-0.15, -0.1) is 0 Å². The van der Waals surface area contributed by atoms with E-state index in [-0.39, 0.29) is 19.3 Å². The molecule has 82 valence electrons. The lowest BCUT2D eigenvalue weighted by atomic mass is 9.84. The Morgan fingerprint density at radius 2 is 1.43 bits per heavy atom. The molecule has 0 unspecified atom stereocenters. The van der Waals surface area contributed by atoms with Crippen LogP contribution in [0, 0.1) is 11.8 Å². The van der Waals surface area contributed by atoms with E-state index in [4.69, 9.17) is 9.31 Å². The molecule has 0 radical (unpaired) electrons. The van der Waals surface area contributed by atoms with E-state index in [0.717, 1.165) is 12.7 Å². The van der Waals surface area contributed by atoms with E-state index in [1.54, 1.807) is 0 Å². The van der Waals surface area contributed by atoms with Crippen LogP contribution in [0.5, 0.6) is 0 Å². The monoisotopic (exact) mass is 198 g/mol. The lowest BCUT2D eigenvalue weighted by Crippen LogP contribution is -2.31. The number of hydrogen-bond donors (Lipinski definition) is 0. The molecule has 2 atom stereocenters. The highest BCUT2D eigenvalue weighted by Gasteiger charge is 2.41. The average Bonchev–Trinajstić information content (AvgIpc) is 2.49. The maximum absolute atomic E-state index is 5.91. The van der Waals surface area contributed by atoms with Gasteiger partial charge in [-0.25, -0.2) is 0 Å². The van der Waals surface area contributed by atoms with Gasteiger partial charge in [0.2, 0.25) is 0 Å². The van der Waals surface area contributed by atoms with Crippen molar-refractivity contribution in [1.29, 1.82) is 0 Å². The summed E-state index contributed by atoms with van der Waals surface area (Å²) in [5.41, 5.74) is 0. The smallest absolute Gasteiger partial charge is 0.405 e. The summed E-state index contributed by atoms with van der Waals surface area (Å²) < 4.78 is 11.8. The Kier molecular flexibility index (Phi) is 4.46. The van der Waals surface area contributed by atoms with Crippen molar-refractivity contribution in [3.63, 3.8) is 0 Å². The highest BCUT2D eigenvalue weighted by atomic mass is 16.7. The van der Waals surface area contributed by atoms with Crippen LogP contribution in [-0.4, -0.2) is 19.3 Å². The summed E-state index contributed by atoms with van der Waals surface area (Å²) in [6, 6.07) is 0. The van der Waals surface area contributed by atoms with E-state index in [1.807, 2.05) is 0 Å². The molecule has 0 aromatic carbocycles. The molecule has 1 heterocycles. The molecule has 2 nitrogen and oxygen atoms in total. The normalized spacial score (nSPS) is 28.1. The van der Waals surface area contributed by atoms with Gasteiger partial charge in [-0.3, -0.25) is 0 Å². The first-order chi connectivity index (χ1) is 6.56. The van der Waals surface area contributed by atoms with Crippen molar-refractivity contribution < 1.29 is 9.31 Å². The molecule has 0 bridgehead atoms. The maximum atomic E-state index is 5.91. The van der Waals surface area contributed by atoms with Crippen LogP contribution in [0.4, 0.5) is 0 Å². The summed E-state index contributed by atoms with van der Waals surface area (Å²) in [5.74, 6) is 1.09. The maximum Gasteiger partial charge on any atom is 0.457 e. The molecule has 0 aromatic heterocycles. The van der Waals surface area contributed by atoms with Crippen molar-refractivity contribution in [2.75, 3.05) is 0 Å². The van der Waals surface area contributed by atoms with Gasteiger partial charge in [0.05, 0.1) is 12.2 Å². The third kappa shape index (κ3) is 2.74. The fraction of sp³-hybridized carbons (Fsp3) is 1.00. The van der Waals surface area contributed by atoms with Crippen LogP contribution in [0.25, 0.3) is 0 Å². The standard InChI is InChI=1S/C11H23BO2/c1-6-7-12-13-10(8(2)3)11(14-12)9(4)5/h8-11H,6-7H2,1-5H3/t10-,11-/m0/s1. The van der Waals surface area contributed by atoms with Crippen molar-refractivity contribution in [2.24, 2.45) is 11.8 Å². The molecule has 0 amide bonds. The molecular formula is C11H23BO2. The fourth-order valence-electron chi connectivity index (χ4n) is 1.98. The number of rotatable bonds is 4. The predicted molar refractivity (Wildman–Crippen MR) is 60.3 cm³/mol. The zero-order valence-corrected chi connectivity index (χ0v) is 10.1. The molecule has 14 heavy (non-hydrogen) atoms. The van der Waals surface area contributed by atoms with Gasteiger partial charge < -0.3 is 9.31 Å². The fourth-order valence-corrected chi connectivity index (χ4v) is 1.98. The minimum atomic E-state index is 0.0415. The van der Waals surface area contributed by atoms with Crippen LogP contribution in [0.2, 0.25) is 6.32 Å². The van der Waals surface area contributed by atoms with Crippen molar-refractivity contribution in [1.82, 2.24) is 0 Å². The molecule has 0 aromatic rings. The van der Waals surface area contributed by atoms with Gasteiger partial charge in [0.15, 0.2) is 0 Å². The summed E-state index contributed by atoms with van der Waals surface area (Å²) in [4.78, 5) is 0. The third-order valence-electron chi connectivity index (χ3n) is 2.78. The summed E-state index contributed by atoms with van der Waals surface area (Å²) >= 11 is 0. The molecule has 3 heteroatoms. The third-order valence-corrected chi connectivity index (χ3v) is 2.78. The van der Waals surface area contributed by atoms with Crippen molar-refractivity contribution >= 4 is 7.12 Å². The van der Waals surface area contributed by atoms with Crippen LogP contribution >= 0.6 is 0 Å². The lowest BCUT2D eigenvalue weighted by molar-refractivity contribution is 0.0815. The highest BCUT2D eigenvalue weighted by Crippen LogP contribution is 2.29. The zero-order valence-electron chi connectivity index (χ0n) is 10.1. The highest BCUT2D eigenvalue weighted by molar-refractivity contribution is 6.45. The van der Waals surface area contributed by atoms with E-state index >= 15 is 0 Å². The average molecular weight is 198 g/mol. The van der Waals surface area contributed by atoms with Gasteiger partial charge in [0.1, 0.15) is 0 Å². The van der Waals surface area contributed by atoms with Gasteiger partial charge in [0, 0.05) is 0 Å². The van der Waals surface area contributed by atoms with Crippen molar-refractivity contribution in [3.05, 3.63) is 0 Å². The first kappa shape index (κ1) is 12.1. The largest absolute Gasteiger partial charge is 0.457 e. The van der Waals surface area contributed by atoms with E-state index < -0.39 is 0 Å². The topological polar surface area (TPSA) is 18.5 Å². The molecule has 0 aliphatic carbocycles. The minimum absolute atomic E-state index is 0.0415. The molecule has 1 saturated heterocycles. The van der Waals surface area contributed by atoms with Crippen LogP contribution < -0.4 is 0 Å². The Labute approximate surface area is 88.5 Å². The predicted octanol–water partition coefficient (Wildman–Crippen LogP) is 2.98. The van der Waals surface area contributed by atoms with Gasteiger partial charge >= 0.3 is 7.12 Å². The summed E-state index contributed by atoms with van der Waals surface area (Å²) in [7, 11) is 0.0415. The quantitative estimate of drug-likeness (QED) is 0.646. The molecule has 1 fully saturated rings. The molecule has 0 saturated carbocycles. The molecule has 1 aliphatic rings. The number of hydrogen-bond acceptors (Lipinski definition) is 2. The molecule has 1 rings (SSSR count). The van der Waals surface area contributed by atoms with E-state index in [1.165, 1.54) is 0 Å². The Balaban J connectivity index is 2.56. The second-order valence-corrected chi connectivity index (χ2v) is 4.91. The van der Waals surface area contributed by atoms with Crippen LogP contribution in [0.1, 0.15) is 41.0 Å². The van der Waals surface area contributed by atoms with Crippen molar-refractivity contribution in [2.45, 2.75) is 59.6 Å². The first-order valence-corrected chi connectivity index (χ1v) is 5.87. The van der Waals surface area contributed by atoms with Gasteiger partial charge in [-0.05, 0) is 18.2 Å². The SMILES string of the molecule is CCCB1O[C@@H](C(C)C)[C@H](C(C)C)O1. The molecular weight excluding hydrogens is 175 g/mol. The van der Waals surface area contributed by atoms with Gasteiger partial charge in [0.25, 0.3) is 0 Å². The van der Waals surface area contributed by atoms with E-state index in [9.17, 15) is 0 Å². The second kappa shape index (κ2) is 5.17. The molecule has 0 spiro atoms. The molecule has 1 aliphatic heterocycles. The Bertz CT molecular complexity index is 155. The Morgan fingerprint density at radius 3 is 1.71 bits per heavy atom. The Hall–Kier alpha value is -0.0151. The van der Waals surface area contributed by atoms with Crippen molar-refractivity contribution in [3.8, 4) is 0 Å². The molecule has 0 N–H and O–H groups in total. The van der Waals surface area contributed by atoms with Crippen LogP contribution in [-0.2, 0) is 9.31 Å². The minimum Gasteiger partial charge on any atom is -0.405 e. The lowest BCUT2D eigenvalue weighted by Gasteiger charge is -2.24. The van der Waals surface area contributed by atoms with Crippen LogP contribution in [0.15, 0.2) is 0 Å². The van der Waals surface area contributed by atoms with Gasteiger partial charge in [-0.1, -0.05) is 41.0 Å². The van der Waals surface area contributed by atoms with E-state index in [0.29, 0.717) is 11.8 Å². The summed E-state index contributed by atoms with van der Waals surface area (Å²) in [6.07, 6.45) is 2.71. The van der Waals surface area contributed by atoms with E-state index in [2.05, 4.69) is 34.6 Å². The van der Waals surface area contributed by atoms with Crippen LogP contribution in [0.3, 0.4) is 0 Å². The second-order valence-electron chi connectivity index (χ2n) is 4.91. The summed E-state index contributed by atoms with van der Waals surface area (Å²) in [5, 5.41) is 0. The zero-order chi connectivity index (χ0) is 10.7. The Morgan fingerprint density at radius 1 is 1.00 bits per heavy atom. The first-order valence-electron chi connectivity index (χ1n) is 5.87. The summed E-state index contributed by atoms with van der Waals surface area (Å²) in [6.45, 7) is 11.0. The van der Waals surface area contributed by atoms with Gasteiger partial charge in [-0.2, -0.15) is 0 Å².